The summed E-state index contributed by atoms with van der Waals surface area (Å²) in [5.41, 5.74) is 1.36. The molecule has 1 N–H and O–H groups in total. The van der Waals surface area contributed by atoms with Gasteiger partial charge in [0.2, 0.25) is 0 Å². The summed E-state index contributed by atoms with van der Waals surface area (Å²) in [7, 11) is 0. The van der Waals surface area contributed by atoms with Crippen LogP contribution in [0.2, 0.25) is 0 Å². The maximum absolute atomic E-state index is 13.0. The van der Waals surface area contributed by atoms with Crippen LogP contribution in [0.3, 0.4) is 0 Å². The molecule has 4 aliphatic rings. The summed E-state index contributed by atoms with van der Waals surface area (Å²) < 4.78 is 24.8. The summed E-state index contributed by atoms with van der Waals surface area (Å²) in [6.45, 7) is 4.53. The molecule has 2 saturated carbocycles. The van der Waals surface area contributed by atoms with Gasteiger partial charge in [-0.3, -0.25) is 4.79 Å². The number of benzene rings is 1. The zero-order valence-corrected chi connectivity index (χ0v) is 15.9. The summed E-state index contributed by atoms with van der Waals surface area (Å²) in [4.78, 5) is 12.6. The molecule has 0 unspecified atom stereocenters. The molecule has 2 saturated heterocycles. The average Bonchev–Trinajstić information content (AvgIpc) is 3.33. The quantitative estimate of drug-likeness (QED) is 0.649. The molecule has 0 radical (unpaired) electrons. The molecule has 1 spiro atoms. The highest BCUT2D eigenvalue weighted by Crippen LogP contribution is 2.62. The number of nitrogens with one attached hydrogen (secondary N) is 1. The number of hydrogen-bond acceptors (Lipinski definition) is 4. The van der Waals surface area contributed by atoms with Gasteiger partial charge in [0.05, 0.1) is 18.1 Å². The van der Waals surface area contributed by atoms with E-state index in [1.807, 2.05) is 0 Å². The van der Waals surface area contributed by atoms with Crippen molar-refractivity contribution >= 4 is 5.97 Å². The number of esters is 1. The topological polar surface area (TPSA) is 50.9 Å². The number of carbonyl (C=O) groups excluding carboxylic acids is 1. The SMILES string of the molecule is C[C@]12CCC[C@]3(CO3)[C@@H]1C[C@@H]1[C@H](CNCc3ccc(F)cc3)C(=O)O[C@@H]1C2. The summed E-state index contributed by atoms with van der Waals surface area (Å²) in [6.07, 6.45) is 5.69. The second kappa shape index (κ2) is 6.28. The first-order valence-corrected chi connectivity index (χ1v) is 10.3. The molecule has 5 heteroatoms. The lowest BCUT2D eigenvalue weighted by Crippen LogP contribution is -2.51. The predicted molar refractivity (Wildman–Crippen MR) is 98.3 cm³/mol. The summed E-state index contributed by atoms with van der Waals surface area (Å²) >= 11 is 0. The zero-order chi connectivity index (χ0) is 18.6. The van der Waals surface area contributed by atoms with Gasteiger partial charge in [-0.2, -0.15) is 0 Å². The second-order valence-electron chi connectivity index (χ2n) is 9.36. The second-order valence-corrected chi connectivity index (χ2v) is 9.36. The Balaban J connectivity index is 1.26. The van der Waals surface area contributed by atoms with Crippen molar-refractivity contribution in [3.8, 4) is 0 Å². The molecule has 27 heavy (non-hydrogen) atoms. The molecule has 5 rings (SSSR count). The first-order chi connectivity index (χ1) is 13.0. The van der Waals surface area contributed by atoms with Crippen molar-refractivity contribution in [3.63, 3.8) is 0 Å². The van der Waals surface area contributed by atoms with Crippen molar-refractivity contribution in [2.24, 2.45) is 23.2 Å². The highest BCUT2D eigenvalue weighted by atomic mass is 19.1. The van der Waals surface area contributed by atoms with Crippen molar-refractivity contribution in [1.29, 1.82) is 0 Å². The molecule has 0 bridgehead atoms. The van der Waals surface area contributed by atoms with E-state index in [4.69, 9.17) is 9.47 Å². The van der Waals surface area contributed by atoms with Crippen LogP contribution in [-0.2, 0) is 20.8 Å². The molecule has 2 heterocycles. The number of carbonyl (C=O) groups is 1. The molecule has 0 amide bonds. The number of rotatable bonds is 4. The zero-order valence-electron chi connectivity index (χ0n) is 15.9. The van der Waals surface area contributed by atoms with Gasteiger partial charge in [-0.15, -0.1) is 0 Å². The Labute approximate surface area is 159 Å². The largest absolute Gasteiger partial charge is 0.462 e. The monoisotopic (exact) mass is 373 g/mol. The van der Waals surface area contributed by atoms with Crippen LogP contribution in [0.4, 0.5) is 4.39 Å². The standard InChI is InChI=1S/C22H28FNO3/c1-21-7-2-8-22(13-26-22)19(21)9-16-17(20(25)27-18(16)10-21)12-24-11-14-3-5-15(23)6-4-14/h3-6,16-19,24H,2,7-13H2,1H3/t16-,17+,18-,19-,21-,22+/m1/s1. The Morgan fingerprint density at radius 3 is 2.78 bits per heavy atom. The van der Waals surface area contributed by atoms with Crippen LogP contribution in [-0.4, -0.2) is 30.8 Å². The van der Waals surface area contributed by atoms with Gasteiger partial charge in [0.1, 0.15) is 11.9 Å². The minimum Gasteiger partial charge on any atom is -0.462 e. The molecule has 1 aromatic rings. The van der Waals surface area contributed by atoms with Crippen molar-refractivity contribution in [1.82, 2.24) is 5.32 Å². The van der Waals surface area contributed by atoms with E-state index in [9.17, 15) is 9.18 Å². The third kappa shape index (κ3) is 2.99. The molecule has 146 valence electrons. The molecule has 4 fully saturated rings. The van der Waals surface area contributed by atoms with Gasteiger partial charge in [-0.25, -0.2) is 4.39 Å². The van der Waals surface area contributed by atoms with Crippen LogP contribution in [0.5, 0.6) is 0 Å². The fraction of sp³-hybridized carbons (Fsp3) is 0.682. The number of epoxide rings is 1. The number of ether oxygens (including phenoxy) is 2. The van der Waals surface area contributed by atoms with E-state index >= 15 is 0 Å². The number of fused-ring (bicyclic) bond motifs is 3. The fourth-order valence-electron chi connectivity index (χ4n) is 6.16. The number of hydrogen-bond donors (Lipinski definition) is 1. The van der Waals surface area contributed by atoms with E-state index in [0.717, 1.165) is 25.0 Å². The minimum absolute atomic E-state index is 0.0513. The van der Waals surface area contributed by atoms with E-state index in [-0.39, 0.29) is 40.7 Å². The van der Waals surface area contributed by atoms with Gasteiger partial charge in [-0.1, -0.05) is 19.1 Å². The molecule has 2 aliphatic carbocycles. The molecule has 6 atom stereocenters. The van der Waals surface area contributed by atoms with Crippen LogP contribution < -0.4 is 5.32 Å². The van der Waals surface area contributed by atoms with Crippen molar-refractivity contribution in [3.05, 3.63) is 35.6 Å². The van der Waals surface area contributed by atoms with Gasteiger partial charge in [0.25, 0.3) is 0 Å². The third-order valence-electron chi connectivity index (χ3n) is 7.69. The highest BCUT2D eigenvalue weighted by Gasteiger charge is 2.64. The summed E-state index contributed by atoms with van der Waals surface area (Å²) in [5.74, 6) is 0.474. The lowest BCUT2D eigenvalue weighted by molar-refractivity contribution is -0.147. The van der Waals surface area contributed by atoms with Crippen LogP contribution in [0, 0.1) is 29.0 Å². The normalized spacial score (nSPS) is 42.5. The Morgan fingerprint density at radius 1 is 1.26 bits per heavy atom. The summed E-state index contributed by atoms with van der Waals surface area (Å²) in [5, 5.41) is 3.39. The Morgan fingerprint density at radius 2 is 2.04 bits per heavy atom. The predicted octanol–water partition coefficient (Wildman–Crippen LogP) is 3.44. The van der Waals surface area contributed by atoms with Crippen LogP contribution in [0.1, 0.15) is 44.6 Å². The van der Waals surface area contributed by atoms with Gasteiger partial charge in [-0.05, 0) is 61.1 Å². The molecular formula is C22H28FNO3. The van der Waals surface area contributed by atoms with E-state index in [1.54, 1.807) is 12.1 Å². The van der Waals surface area contributed by atoms with Gasteiger partial charge in [0.15, 0.2) is 0 Å². The highest BCUT2D eigenvalue weighted by molar-refractivity contribution is 5.75. The Hall–Kier alpha value is -1.46. The third-order valence-corrected chi connectivity index (χ3v) is 7.69. The van der Waals surface area contributed by atoms with Crippen LogP contribution in [0.25, 0.3) is 0 Å². The maximum atomic E-state index is 13.0. The molecule has 2 aliphatic heterocycles. The lowest BCUT2D eigenvalue weighted by Gasteiger charge is -2.51. The molecule has 0 aromatic heterocycles. The average molecular weight is 373 g/mol. The number of halogens is 1. The Bertz CT molecular complexity index is 732. The van der Waals surface area contributed by atoms with Crippen molar-refractivity contribution in [2.75, 3.05) is 13.2 Å². The van der Waals surface area contributed by atoms with Crippen LogP contribution in [0.15, 0.2) is 24.3 Å². The van der Waals surface area contributed by atoms with Crippen LogP contribution >= 0.6 is 0 Å². The van der Waals surface area contributed by atoms with E-state index in [0.29, 0.717) is 19.0 Å². The molecule has 4 nitrogen and oxygen atoms in total. The van der Waals surface area contributed by atoms with Gasteiger partial charge < -0.3 is 14.8 Å². The smallest absolute Gasteiger partial charge is 0.310 e. The molecule has 1 aromatic carbocycles. The maximum Gasteiger partial charge on any atom is 0.310 e. The van der Waals surface area contributed by atoms with E-state index < -0.39 is 0 Å². The van der Waals surface area contributed by atoms with E-state index in [2.05, 4.69) is 12.2 Å². The minimum atomic E-state index is -0.227. The lowest BCUT2D eigenvalue weighted by atomic mass is 9.53. The van der Waals surface area contributed by atoms with Gasteiger partial charge >= 0.3 is 5.97 Å². The fourth-order valence-corrected chi connectivity index (χ4v) is 6.16. The Kier molecular flexibility index (Phi) is 4.10. The van der Waals surface area contributed by atoms with E-state index in [1.165, 1.54) is 31.4 Å². The first kappa shape index (κ1) is 17.6. The summed E-state index contributed by atoms with van der Waals surface area (Å²) in [6, 6.07) is 6.49. The first-order valence-electron chi connectivity index (χ1n) is 10.3. The van der Waals surface area contributed by atoms with Crippen molar-refractivity contribution in [2.45, 2.75) is 57.3 Å². The van der Waals surface area contributed by atoms with Gasteiger partial charge in [0, 0.05) is 19.0 Å². The molecular weight excluding hydrogens is 345 g/mol. The van der Waals surface area contributed by atoms with Crippen molar-refractivity contribution < 1.29 is 18.7 Å².